The Morgan fingerprint density at radius 2 is 1.70 bits per heavy atom. The van der Waals surface area contributed by atoms with Crippen LogP contribution in [0.4, 0.5) is 5.69 Å². The summed E-state index contributed by atoms with van der Waals surface area (Å²) in [5.41, 5.74) is 3.45. The molecule has 2 rings (SSSR count). The number of rotatable bonds is 7. The van der Waals surface area contributed by atoms with E-state index in [1.54, 1.807) is 0 Å². The Morgan fingerprint density at radius 1 is 1.04 bits per heavy atom. The van der Waals surface area contributed by atoms with E-state index in [9.17, 15) is 5.26 Å². The SMILES string of the molecule is Cc1ccc(OCCCC(C#N)c2ccc(N(C)C)cc2)cc1. The van der Waals surface area contributed by atoms with Crippen LogP contribution < -0.4 is 9.64 Å². The number of aryl methyl sites for hydroxylation is 1. The first-order chi connectivity index (χ1) is 11.1. The van der Waals surface area contributed by atoms with Crippen molar-refractivity contribution in [1.29, 1.82) is 5.26 Å². The fourth-order valence-electron chi connectivity index (χ4n) is 2.42. The van der Waals surface area contributed by atoms with Gasteiger partial charge in [0.2, 0.25) is 0 Å². The van der Waals surface area contributed by atoms with Crippen molar-refractivity contribution in [3.63, 3.8) is 0 Å². The van der Waals surface area contributed by atoms with Crippen molar-refractivity contribution in [2.75, 3.05) is 25.6 Å². The van der Waals surface area contributed by atoms with E-state index in [2.05, 4.69) is 30.0 Å². The van der Waals surface area contributed by atoms with Crippen molar-refractivity contribution in [3.8, 4) is 11.8 Å². The highest BCUT2D eigenvalue weighted by Gasteiger charge is 2.10. The van der Waals surface area contributed by atoms with Crippen LogP contribution in [0.25, 0.3) is 0 Å². The molecule has 2 aromatic rings. The highest BCUT2D eigenvalue weighted by atomic mass is 16.5. The minimum atomic E-state index is -0.0761. The van der Waals surface area contributed by atoms with Gasteiger partial charge in [0.25, 0.3) is 0 Å². The van der Waals surface area contributed by atoms with Crippen molar-refractivity contribution in [2.24, 2.45) is 0 Å². The van der Waals surface area contributed by atoms with Crippen molar-refractivity contribution < 1.29 is 4.74 Å². The average molecular weight is 308 g/mol. The molecule has 3 nitrogen and oxygen atoms in total. The molecule has 0 spiro atoms. The highest BCUT2D eigenvalue weighted by molar-refractivity contribution is 5.47. The maximum Gasteiger partial charge on any atom is 0.119 e. The number of hydrogen-bond acceptors (Lipinski definition) is 3. The van der Waals surface area contributed by atoms with E-state index in [1.807, 2.05) is 50.5 Å². The fourth-order valence-corrected chi connectivity index (χ4v) is 2.42. The number of benzene rings is 2. The molecule has 120 valence electrons. The summed E-state index contributed by atoms with van der Waals surface area (Å²) in [6.07, 6.45) is 1.67. The lowest BCUT2D eigenvalue weighted by atomic mass is 9.95. The predicted molar refractivity (Wildman–Crippen MR) is 95.0 cm³/mol. The van der Waals surface area contributed by atoms with E-state index in [0.29, 0.717) is 6.61 Å². The van der Waals surface area contributed by atoms with E-state index in [-0.39, 0.29) is 5.92 Å². The lowest BCUT2D eigenvalue weighted by Gasteiger charge is -2.14. The van der Waals surface area contributed by atoms with Crippen LogP contribution in [0.5, 0.6) is 5.75 Å². The van der Waals surface area contributed by atoms with Crippen molar-refractivity contribution in [2.45, 2.75) is 25.7 Å². The molecule has 0 aliphatic rings. The van der Waals surface area contributed by atoms with Gasteiger partial charge < -0.3 is 9.64 Å². The molecule has 0 amide bonds. The van der Waals surface area contributed by atoms with Gasteiger partial charge in [0.1, 0.15) is 5.75 Å². The van der Waals surface area contributed by atoms with Gasteiger partial charge in [-0.1, -0.05) is 29.8 Å². The Morgan fingerprint density at radius 3 is 2.26 bits per heavy atom. The minimum Gasteiger partial charge on any atom is -0.494 e. The molecule has 0 saturated heterocycles. The summed E-state index contributed by atoms with van der Waals surface area (Å²) in [5, 5.41) is 9.40. The lowest BCUT2D eigenvalue weighted by molar-refractivity contribution is 0.305. The Balaban J connectivity index is 1.83. The third-order valence-electron chi connectivity index (χ3n) is 3.89. The summed E-state index contributed by atoms with van der Waals surface area (Å²) in [6, 6.07) is 18.7. The summed E-state index contributed by atoms with van der Waals surface area (Å²) in [5.74, 6) is 0.812. The first-order valence-electron chi connectivity index (χ1n) is 7.96. The van der Waals surface area contributed by atoms with Crippen LogP contribution in [0.2, 0.25) is 0 Å². The molecule has 0 aliphatic heterocycles. The van der Waals surface area contributed by atoms with Crippen LogP contribution >= 0.6 is 0 Å². The summed E-state index contributed by atoms with van der Waals surface area (Å²) in [7, 11) is 4.03. The smallest absolute Gasteiger partial charge is 0.119 e. The molecule has 0 saturated carbocycles. The molecule has 2 aromatic carbocycles. The third kappa shape index (κ3) is 5.03. The molecule has 0 aliphatic carbocycles. The fraction of sp³-hybridized carbons (Fsp3) is 0.350. The second-order valence-corrected chi connectivity index (χ2v) is 5.97. The molecule has 0 radical (unpaired) electrons. The zero-order valence-electron chi connectivity index (χ0n) is 14.1. The number of anilines is 1. The van der Waals surface area contributed by atoms with E-state index >= 15 is 0 Å². The number of nitriles is 1. The van der Waals surface area contributed by atoms with Crippen LogP contribution in [0.1, 0.15) is 29.9 Å². The molecule has 0 heterocycles. The van der Waals surface area contributed by atoms with Crippen LogP contribution in [0.3, 0.4) is 0 Å². The molecule has 23 heavy (non-hydrogen) atoms. The van der Waals surface area contributed by atoms with E-state index < -0.39 is 0 Å². The zero-order chi connectivity index (χ0) is 16.7. The Kier molecular flexibility index (Phi) is 6.05. The number of hydrogen-bond donors (Lipinski definition) is 0. The summed E-state index contributed by atoms with van der Waals surface area (Å²) in [4.78, 5) is 2.06. The van der Waals surface area contributed by atoms with E-state index in [4.69, 9.17) is 4.74 Å². The van der Waals surface area contributed by atoms with Crippen LogP contribution in [0.15, 0.2) is 48.5 Å². The average Bonchev–Trinajstić information content (AvgIpc) is 2.57. The van der Waals surface area contributed by atoms with Gasteiger partial charge in [-0.2, -0.15) is 5.26 Å². The number of ether oxygens (including phenoxy) is 1. The molecule has 0 N–H and O–H groups in total. The first kappa shape index (κ1) is 16.9. The molecule has 3 heteroatoms. The van der Waals surface area contributed by atoms with Crippen LogP contribution in [-0.4, -0.2) is 20.7 Å². The molecule has 0 bridgehead atoms. The maximum atomic E-state index is 9.40. The first-order valence-corrected chi connectivity index (χ1v) is 7.96. The van der Waals surface area contributed by atoms with Gasteiger partial charge in [-0.05, 0) is 49.6 Å². The Hall–Kier alpha value is -2.47. The molecular weight excluding hydrogens is 284 g/mol. The van der Waals surface area contributed by atoms with Gasteiger partial charge in [-0.25, -0.2) is 0 Å². The Labute approximate surface area is 139 Å². The zero-order valence-corrected chi connectivity index (χ0v) is 14.1. The standard InChI is InChI=1S/C20H24N2O/c1-16-6-12-20(13-7-16)23-14-4-5-18(15-21)17-8-10-19(11-9-17)22(2)3/h6-13,18H,4-5,14H2,1-3H3. The highest BCUT2D eigenvalue weighted by Crippen LogP contribution is 2.23. The van der Waals surface area contributed by atoms with E-state index in [1.165, 1.54) is 5.56 Å². The molecular formula is C20H24N2O. The maximum absolute atomic E-state index is 9.40. The molecule has 1 unspecified atom stereocenters. The molecule has 1 atom stereocenters. The summed E-state index contributed by atoms with van der Waals surface area (Å²) >= 11 is 0. The second kappa shape index (κ2) is 8.24. The normalized spacial score (nSPS) is 11.6. The quantitative estimate of drug-likeness (QED) is 0.705. The number of nitrogens with zero attached hydrogens (tertiary/aromatic N) is 2. The van der Waals surface area contributed by atoms with Gasteiger partial charge in [-0.15, -0.1) is 0 Å². The lowest BCUT2D eigenvalue weighted by Crippen LogP contribution is -2.08. The summed E-state index contributed by atoms with van der Waals surface area (Å²) in [6.45, 7) is 2.69. The van der Waals surface area contributed by atoms with Gasteiger partial charge in [0.15, 0.2) is 0 Å². The van der Waals surface area contributed by atoms with Crippen molar-refractivity contribution in [3.05, 3.63) is 59.7 Å². The third-order valence-corrected chi connectivity index (χ3v) is 3.89. The monoisotopic (exact) mass is 308 g/mol. The molecule has 0 aromatic heterocycles. The predicted octanol–water partition coefficient (Wildman–Crippen LogP) is 4.53. The van der Waals surface area contributed by atoms with Crippen molar-refractivity contribution >= 4 is 5.69 Å². The summed E-state index contributed by atoms with van der Waals surface area (Å²) < 4.78 is 5.73. The Bertz CT molecular complexity index is 639. The topological polar surface area (TPSA) is 36.3 Å². The van der Waals surface area contributed by atoms with Crippen LogP contribution in [0, 0.1) is 18.3 Å². The van der Waals surface area contributed by atoms with Gasteiger partial charge in [0, 0.05) is 19.8 Å². The largest absolute Gasteiger partial charge is 0.494 e. The minimum absolute atomic E-state index is 0.0761. The second-order valence-electron chi connectivity index (χ2n) is 5.97. The van der Waals surface area contributed by atoms with Gasteiger partial charge >= 0.3 is 0 Å². The van der Waals surface area contributed by atoms with Crippen LogP contribution in [-0.2, 0) is 0 Å². The van der Waals surface area contributed by atoms with E-state index in [0.717, 1.165) is 29.8 Å². The van der Waals surface area contributed by atoms with Gasteiger partial charge in [0.05, 0.1) is 18.6 Å². The van der Waals surface area contributed by atoms with Crippen molar-refractivity contribution in [1.82, 2.24) is 0 Å². The van der Waals surface area contributed by atoms with Gasteiger partial charge in [-0.3, -0.25) is 0 Å². The molecule has 0 fully saturated rings.